The smallest absolute Gasteiger partial charge is 0.224 e. The molecule has 0 fully saturated rings. The van der Waals surface area contributed by atoms with Crippen molar-refractivity contribution in [3.8, 4) is 5.75 Å². The molecule has 100 valence electrons. The highest BCUT2D eigenvalue weighted by atomic mass is 16.5. The number of nitrogens with one attached hydrogen (secondary N) is 2. The van der Waals surface area contributed by atoms with Crippen LogP contribution in [-0.2, 0) is 17.8 Å². The van der Waals surface area contributed by atoms with Crippen molar-refractivity contribution in [2.75, 3.05) is 7.11 Å². The van der Waals surface area contributed by atoms with E-state index in [2.05, 4.69) is 20.5 Å². The second kappa shape index (κ2) is 5.99. The van der Waals surface area contributed by atoms with E-state index in [9.17, 15) is 4.79 Å². The molecule has 6 nitrogen and oxygen atoms in total. The maximum Gasteiger partial charge on any atom is 0.224 e. The van der Waals surface area contributed by atoms with Crippen LogP contribution in [0.25, 0.3) is 0 Å². The van der Waals surface area contributed by atoms with Crippen molar-refractivity contribution in [3.05, 3.63) is 41.5 Å². The van der Waals surface area contributed by atoms with E-state index in [0.717, 1.165) is 16.9 Å². The van der Waals surface area contributed by atoms with E-state index < -0.39 is 0 Å². The molecule has 1 heterocycles. The van der Waals surface area contributed by atoms with Gasteiger partial charge in [0.05, 0.1) is 20.1 Å². The second-order valence-corrected chi connectivity index (χ2v) is 4.20. The Kier molecular flexibility index (Phi) is 4.12. The number of nitrogens with zero attached hydrogens (tertiary/aromatic N) is 2. The van der Waals surface area contributed by atoms with Crippen LogP contribution < -0.4 is 10.1 Å². The monoisotopic (exact) mass is 260 g/mol. The van der Waals surface area contributed by atoms with Gasteiger partial charge in [-0.1, -0.05) is 17.7 Å². The van der Waals surface area contributed by atoms with Crippen LogP contribution in [0.3, 0.4) is 0 Å². The number of aryl methyl sites for hydroxylation is 1. The standard InChI is InChI=1S/C13H16N4O2/c1-9-3-4-11(19-2)10(5-9)6-13(18)14-7-12-15-8-16-17-12/h3-5,8H,6-7H2,1-2H3,(H,14,18)(H,15,16,17). The van der Waals surface area contributed by atoms with E-state index in [0.29, 0.717) is 12.4 Å². The van der Waals surface area contributed by atoms with Crippen molar-refractivity contribution in [3.63, 3.8) is 0 Å². The lowest BCUT2D eigenvalue weighted by molar-refractivity contribution is -0.120. The average molecular weight is 260 g/mol. The van der Waals surface area contributed by atoms with E-state index in [1.807, 2.05) is 25.1 Å². The zero-order chi connectivity index (χ0) is 13.7. The molecule has 1 aromatic carbocycles. The van der Waals surface area contributed by atoms with Gasteiger partial charge in [0.25, 0.3) is 0 Å². The molecule has 0 atom stereocenters. The van der Waals surface area contributed by atoms with Crippen molar-refractivity contribution in [2.45, 2.75) is 19.9 Å². The van der Waals surface area contributed by atoms with Crippen LogP contribution in [0.5, 0.6) is 5.75 Å². The zero-order valence-electron chi connectivity index (χ0n) is 10.9. The molecule has 0 aliphatic rings. The summed E-state index contributed by atoms with van der Waals surface area (Å²) in [6.07, 6.45) is 1.68. The summed E-state index contributed by atoms with van der Waals surface area (Å²) in [6.45, 7) is 2.32. The highest BCUT2D eigenvalue weighted by Gasteiger charge is 2.09. The van der Waals surface area contributed by atoms with Crippen LogP contribution in [0.4, 0.5) is 0 Å². The van der Waals surface area contributed by atoms with Gasteiger partial charge < -0.3 is 10.1 Å². The molecule has 2 aromatic rings. The molecule has 6 heteroatoms. The number of benzene rings is 1. The van der Waals surface area contributed by atoms with Crippen LogP contribution in [0.1, 0.15) is 17.0 Å². The summed E-state index contributed by atoms with van der Waals surface area (Å²) in [6, 6.07) is 5.77. The molecule has 0 unspecified atom stereocenters. The van der Waals surface area contributed by atoms with E-state index in [-0.39, 0.29) is 12.3 Å². The predicted octanol–water partition coefficient (Wildman–Crippen LogP) is 0.981. The summed E-state index contributed by atoms with van der Waals surface area (Å²) < 4.78 is 5.24. The number of ether oxygens (including phenoxy) is 1. The van der Waals surface area contributed by atoms with Gasteiger partial charge >= 0.3 is 0 Å². The van der Waals surface area contributed by atoms with Crippen LogP contribution in [0.2, 0.25) is 0 Å². The fourth-order valence-corrected chi connectivity index (χ4v) is 1.78. The first-order valence-electron chi connectivity index (χ1n) is 5.93. The van der Waals surface area contributed by atoms with Gasteiger partial charge in [-0.2, -0.15) is 5.10 Å². The van der Waals surface area contributed by atoms with Crippen molar-refractivity contribution >= 4 is 5.91 Å². The largest absolute Gasteiger partial charge is 0.496 e. The van der Waals surface area contributed by atoms with Gasteiger partial charge in [0.15, 0.2) is 0 Å². The molecule has 0 aliphatic carbocycles. The van der Waals surface area contributed by atoms with Crippen LogP contribution >= 0.6 is 0 Å². The van der Waals surface area contributed by atoms with Gasteiger partial charge in [-0.05, 0) is 13.0 Å². The Labute approximate surface area is 111 Å². The summed E-state index contributed by atoms with van der Waals surface area (Å²) in [5.74, 6) is 1.27. The number of hydrogen-bond acceptors (Lipinski definition) is 4. The van der Waals surface area contributed by atoms with E-state index in [1.54, 1.807) is 7.11 Å². The van der Waals surface area contributed by atoms with E-state index >= 15 is 0 Å². The number of amides is 1. The summed E-state index contributed by atoms with van der Waals surface area (Å²) >= 11 is 0. The van der Waals surface area contributed by atoms with Gasteiger partial charge in [-0.25, -0.2) is 4.98 Å². The lowest BCUT2D eigenvalue weighted by Crippen LogP contribution is -2.25. The molecule has 0 radical (unpaired) electrons. The van der Waals surface area contributed by atoms with Crippen LogP contribution in [0.15, 0.2) is 24.5 Å². The van der Waals surface area contributed by atoms with Gasteiger partial charge in [0, 0.05) is 5.56 Å². The van der Waals surface area contributed by atoms with Crippen molar-refractivity contribution < 1.29 is 9.53 Å². The number of carbonyl (C=O) groups excluding carboxylic acids is 1. The molecular formula is C13H16N4O2. The molecule has 2 rings (SSSR count). The van der Waals surface area contributed by atoms with Gasteiger partial charge in [-0.15, -0.1) is 0 Å². The first-order valence-corrected chi connectivity index (χ1v) is 5.93. The fraction of sp³-hybridized carbons (Fsp3) is 0.308. The number of aromatic amines is 1. The van der Waals surface area contributed by atoms with Crippen molar-refractivity contribution in [1.29, 1.82) is 0 Å². The molecule has 0 saturated heterocycles. The van der Waals surface area contributed by atoms with Gasteiger partial charge in [0.1, 0.15) is 17.9 Å². The first kappa shape index (κ1) is 13.1. The number of hydrogen-bond donors (Lipinski definition) is 2. The Bertz CT molecular complexity index is 552. The molecule has 0 bridgehead atoms. The average Bonchev–Trinajstić information content (AvgIpc) is 2.90. The second-order valence-electron chi connectivity index (χ2n) is 4.20. The first-order chi connectivity index (χ1) is 9.19. The third-order valence-electron chi connectivity index (χ3n) is 2.70. The number of rotatable bonds is 5. The topological polar surface area (TPSA) is 79.9 Å². The molecule has 0 saturated carbocycles. The maximum absolute atomic E-state index is 11.9. The minimum Gasteiger partial charge on any atom is -0.496 e. The quantitative estimate of drug-likeness (QED) is 0.840. The summed E-state index contributed by atoms with van der Waals surface area (Å²) in [5, 5.41) is 9.18. The van der Waals surface area contributed by atoms with Crippen LogP contribution in [0, 0.1) is 6.92 Å². The fourth-order valence-electron chi connectivity index (χ4n) is 1.78. The Hall–Kier alpha value is -2.37. The lowest BCUT2D eigenvalue weighted by Gasteiger charge is -2.09. The Balaban J connectivity index is 1.96. The predicted molar refractivity (Wildman–Crippen MR) is 69.7 cm³/mol. The molecule has 0 aliphatic heterocycles. The molecule has 19 heavy (non-hydrogen) atoms. The molecule has 0 spiro atoms. The lowest BCUT2D eigenvalue weighted by atomic mass is 10.1. The Morgan fingerprint density at radius 1 is 1.47 bits per heavy atom. The Morgan fingerprint density at radius 3 is 3.00 bits per heavy atom. The third-order valence-corrected chi connectivity index (χ3v) is 2.70. The van der Waals surface area contributed by atoms with Gasteiger partial charge in [0.2, 0.25) is 5.91 Å². The SMILES string of the molecule is COc1ccc(C)cc1CC(=O)NCc1ncn[nH]1. The summed E-state index contributed by atoms with van der Waals surface area (Å²) in [7, 11) is 1.60. The number of H-pyrrole nitrogens is 1. The van der Waals surface area contributed by atoms with Crippen molar-refractivity contribution in [2.24, 2.45) is 0 Å². The molecule has 1 amide bonds. The maximum atomic E-state index is 11.9. The van der Waals surface area contributed by atoms with Gasteiger partial charge in [-0.3, -0.25) is 9.89 Å². The van der Waals surface area contributed by atoms with Crippen molar-refractivity contribution in [1.82, 2.24) is 20.5 Å². The highest BCUT2D eigenvalue weighted by molar-refractivity contribution is 5.79. The van der Waals surface area contributed by atoms with E-state index in [4.69, 9.17) is 4.74 Å². The molecular weight excluding hydrogens is 244 g/mol. The van der Waals surface area contributed by atoms with E-state index in [1.165, 1.54) is 6.33 Å². The highest BCUT2D eigenvalue weighted by Crippen LogP contribution is 2.20. The zero-order valence-corrected chi connectivity index (χ0v) is 10.9. The summed E-state index contributed by atoms with van der Waals surface area (Å²) in [4.78, 5) is 15.8. The number of methoxy groups -OCH3 is 1. The number of aromatic nitrogens is 3. The normalized spacial score (nSPS) is 10.2. The van der Waals surface area contributed by atoms with Crippen LogP contribution in [-0.4, -0.2) is 28.2 Å². The molecule has 1 aromatic heterocycles. The number of carbonyl (C=O) groups is 1. The summed E-state index contributed by atoms with van der Waals surface area (Å²) in [5.41, 5.74) is 1.97. The molecule has 2 N–H and O–H groups in total. The Morgan fingerprint density at radius 2 is 2.32 bits per heavy atom. The minimum absolute atomic E-state index is 0.0831. The third kappa shape index (κ3) is 3.54. The minimum atomic E-state index is -0.0831.